The first-order chi connectivity index (χ1) is 13.5. The van der Waals surface area contributed by atoms with Crippen LogP contribution in [-0.4, -0.2) is 40.7 Å². The molecule has 3 aromatic rings. The highest BCUT2D eigenvalue weighted by molar-refractivity contribution is 7.71. The van der Waals surface area contributed by atoms with E-state index < -0.39 is 0 Å². The normalized spacial score (nSPS) is 15.1. The third kappa shape index (κ3) is 3.88. The zero-order valence-electron chi connectivity index (χ0n) is 15.5. The van der Waals surface area contributed by atoms with Crippen molar-refractivity contribution in [3.05, 3.63) is 62.8 Å². The van der Waals surface area contributed by atoms with Gasteiger partial charge in [0, 0.05) is 10.6 Å². The Morgan fingerprint density at radius 3 is 2.61 bits per heavy atom. The first kappa shape index (κ1) is 19.6. The minimum absolute atomic E-state index is 0.549. The van der Waals surface area contributed by atoms with E-state index in [0.29, 0.717) is 27.3 Å². The number of aromatic nitrogens is 3. The molecule has 1 aliphatic heterocycles. The zero-order chi connectivity index (χ0) is 19.7. The lowest BCUT2D eigenvalue weighted by molar-refractivity contribution is -0.930. The molecule has 0 atom stereocenters. The first-order valence-corrected chi connectivity index (χ1v) is 10.3. The molecule has 1 aliphatic rings. The maximum absolute atomic E-state index is 6.51. The summed E-state index contributed by atoms with van der Waals surface area (Å²) < 4.78 is 10.0. The molecule has 0 amide bonds. The maximum atomic E-state index is 6.51. The summed E-state index contributed by atoms with van der Waals surface area (Å²) in [5.41, 5.74) is 2.91. The fourth-order valence-electron chi connectivity index (χ4n) is 3.42. The SMILES string of the molecule is Cc1ccccc1-n1c(-c2ccc(Cl)cc2Cl)nn(C[NH+]2CCOCC2)c1=S. The van der Waals surface area contributed by atoms with Gasteiger partial charge in [0.2, 0.25) is 4.77 Å². The third-order valence-electron chi connectivity index (χ3n) is 4.94. The molecule has 0 bridgehead atoms. The van der Waals surface area contributed by atoms with Crippen LogP contribution in [0.1, 0.15) is 5.56 Å². The van der Waals surface area contributed by atoms with Crippen LogP contribution >= 0.6 is 35.4 Å². The Morgan fingerprint density at radius 1 is 1.14 bits per heavy atom. The Bertz CT molecular complexity index is 1060. The second-order valence-electron chi connectivity index (χ2n) is 6.87. The van der Waals surface area contributed by atoms with Crippen LogP contribution in [0.3, 0.4) is 0 Å². The van der Waals surface area contributed by atoms with E-state index in [9.17, 15) is 0 Å². The average molecular weight is 436 g/mol. The molecule has 2 aromatic carbocycles. The molecule has 28 heavy (non-hydrogen) atoms. The van der Waals surface area contributed by atoms with E-state index in [4.69, 9.17) is 45.3 Å². The molecule has 1 fully saturated rings. The number of nitrogens with one attached hydrogen (secondary N) is 1. The average Bonchev–Trinajstić information content (AvgIpc) is 2.99. The number of halogens is 2. The number of hydrogen-bond donors (Lipinski definition) is 1. The van der Waals surface area contributed by atoms with Crippen LogP contribution in [0.25, 0.3) is 17.1 Å². The fraction of sp³-hybridized carbons (Fsp3) is 0.300. The van der Waals surface area contributed by atoms with Crippen molar-refractivity contribution < 1.29 is 9.64 Å². The van der Waals surface area contributed by atoms with Gasteiger partial charge < -0.3 is 9.64 Å². The van der Waals surface area contributed by atoms with E-state index >= 15 is 0 Å². The van der Waals surface area contributed by atoms with Crippen LogP contribution in [0.5, 0.6) is 0 Å². The lowest BCUT2D eigenvalue weighted by Gasteiger charge is -2.23. The number of morpholine rings is 1. The number of hydrogen-bond acceptors (Lipinski definition) is 3. The summed E-state index contributed by atoms with van der Waals surface area (Å²) in [6, 6.07) is 13.6. The van der Waals surface area contributed by atoms with Crippen LogP contribution in [-0.2, 0) is 11.4 Å². The van der Waals surface area contributed by atoms with Gasteiger partial charge in [0.15, 0.2) is 12.5 Å². The fourth-order valence-corrected chi connectivity index (χ4v) is 4.20. The van der Waals surface area contributed by atoms with Crippen molar-refractivity contribution in [2.24, 2.45) is 0 Å². The minimum Gasteiger partial charge on any atom is -0.370 e. The molecule has 146 valence electrons. The Kier molecular flexibility index (Phi) is 5.85. The van der Waals surface area contributed by atoms with Crippen LogP contribution < -0.4 is 4.90 Å². The highest BCUT2D eigenvalue weighted by Crippen LogP contribution is 2.31. The van der Waals surface area contributed by atoms with Gasteiger partial charge in [0.25, 0.3) is 0 Å². The molecule has 0 unspecified atom stereocenters. The van der Waals surface area contributed by atoms with Gasteiger partial charge in [-0.25, -0.2) is 0 Å². The van der Waals surface area contributed by atoms with E-state index in [1.54, 1.807) is 6.07 Å². The molecular formula is C20H21Cl2N4OS+. The summed E-state index contributed by atoms with van der Waals surface area (Å²) in [5.74, 6) is 0.716. The van der Waals surface area contributed by atoms with Crippen molar-refractivity contribution in [1.29, 1.82) is 0 Å². The quantitative estimate of drug-likeness (QED) is 0.636. The number of para-hydroxylation sites is 1. The summed E-state index contributed by atoms with van der Waals surface area (Å²) in [6.07, 6.45) is 0. The summed E-state index contributed by atoms with van der Waals surface area (Å²) in [4.78, 5) is 1.39. The Labute approximate surface area is 179 Å². The van der Waals surface area contributed by atoms with E-state index in [1.165, 1.54) is 4.90 Å². The van der Waals surface area contributed by atoms with Crippen molar-refractivity contribution in [3.63, 3.8) is 0 Å². The van der Waals surface area contributed by atoms with Crippen LogP contribution in [0, 0.1) is 11.7 Å². The Hall–Kier alpha value is -1.70. The van der Waals surface area contributed by atoms with Crippen molar-refractivity contribution in [2.45, 2.75) is 13.6 Å². The Balaban J connectivity index is 1.87. The molecule has 0 spiro atoms. The second-order valence-corrected chi connectivity index (χ2v) is 8.08. The van der Waals surface area contributed by atoms with Crippen LogP contribution in [0.4, 0.5) is 0 Å². The number of benzene rings is 2. The predicted molar refractivity (Wildman–Crippen MR) is 114 cm³/mol. The molecule has 4 rings (SSSR count). The van der Waals surface area contributed by atoms with E-state index in [-0.39, 0.29) is 0 Å². The molecule has 5 nitrogen and oxygen atoms in total. The topological polar surface area (TPSA) is 36.4 Å². The lowest BCUT2D eigenvalue weighted by Crippen LogP contribution is -3.13. The van der Waals surface area contributed by atoms with Crippen LogP contribution in [0.2, 0.25) is 10.0 Å². The molecule has 1 aromatic heterocycles. The summed E-state index contributed by atoms with van der Waals surface area (Å²) in [7, 11) is 0. The summed E-state index contributed by atoms with van der Waals surface area (Å²) in [6.45, 7) is 6.16. The van der Waals surface area contributed by atoms with Crippen molar-refractivity contribution in [2.75, 3.05) is 26.3 Å². The van der Waals surface area contributed by atoms with E-state index in [1.807, 2.05) is 39.6 Å². The standard InChI is InChI=1S/C20H20Cl2N4OS/c1-14-4-2-3-5-18(14)26-19(16-7-6-15(21)12-17(16)22)23-25(20(26)28)13-24-8-10-27-11-9-24/h2-7,12H,8-11,13H2,1H3/p+1. The third-order valence-corrected chi connectivity index (χ3v) is 5.88. The van der Waals surface area contributed by atoms with Crippen molar-refractivity contribution in [1.82, 2.24) is 14.3 Å². The van der Waals surface area contributed by atoms with Gasteiger partial charge in [-0.15, -0.1) is 5.10 Å². The molecular weight excluding hydrogens is 415 g/mol. The lowest BCUT2D eigenvalue weighted by atomic mass is 10.1. The number of aryl methyl sites for hydroxylation is 1. The van der Waals surface area contributed by atoms with Crippen molar-refractivity contribution >= 4 is 35.4 Å². The number of quaternary nitrogens is 1. The van der Waals surface area contributed by atoms with Gasteiger partial charge in [0.05, 0.1) is 23.9 Å². The van der Waals surface area contributed by atoms with Gasteiger partial charge >= 0.3 is 0 Å². The van der Waals surface area contributed by atoms with Crippen LogP contribution in [0.15, 0.2) is 42.5 Å². The monoisotopic (exact) mass is 435 g/mol. The largest absolute Gasteiger partial charge is 0.370 e. The number of ether oxygens (including phenoxy) is 1. The molecule has 1 N–H and O–H groups in total. The predicted octanol–water partition coefficient (Wildman–Crippen LogP) is 3.56. The molecule has 0 radical (unpaired) electrons. The number of nitrogens with zero attached hydrogens (tertiary/aromatic N) is 3. The van der Waals surface area contributed by atoms with Gasteiger partial charge in [0.1, 0.15) is 13.1 Å². The first-order valence-electron chi connectivity index (χ1n) is 9.17. The zero-order valence-corrected chi connectivity index (χ0v) is 17.8. The Morgan fingerprint density at radius 2 is 1.89 bits per heavy atom. The van der Waals surface area contributed by atoms with Crippen molar-refractivity contribution in [3.8, 4) is 17.1 Å². The van der Waals surface area contributed by atoms with Gasteiger partial charge in [-0.1, -0.05) is 41.4 Å². The molecule has 0 aliphatic carbocycles. The molecule has 8 heteroatoms. The molecule has 2 heterocycles. The van der Waals surface area contributed by atoms with E-state index in [0.717, 1.165) is 43.1 Å². The molecule has 0 saturated carbocycles. The highest BCUT2D eigenvalue weighted by Gasteiger charge is 2.21. The van der Waals surface area contributed by atoms with Gasteiger partial charge in [-0.2, -0.15) is 4.68 Å². The van der Waals surface area contributed by atoms with Gasteiger partial charge in [-0.3, -0.25) is 4.57 Å². The maximum Gasteiger partial charge on any atom is 0.207 e. The highest BCUT2D eigenvalue weighted by atomic mass is 35.5. The smallest absolute Gasteiger partial charge is 0.207 e. The second kappa shape index (κ2) is 8.35. The summed E-state index contributed by atoms with van der Waals surface area (Å²) in [5, 5.41) is 6.01. The summed E-state index contributed by atoms with van der Waals surface area (Å²) >= 11 is 18.5. The van der Waals surface area contributed by atoms with Gasteiger partial charge in [-0.05, 0) is 49.0 Å². The molecule has 1 saturated heterocycles. The minimum atomic E-state index is 0.549. The van der Waals surface area contributed by atoms with E-state index in [2.05, 4.69) is 13.0 Å². The number of rotatable bonds is 4.